The van der Waals surface area contributed by atoms with Crippen LogP contribution in [0.15, 0.2) is 18.3 Å². The molecule has 5 heteroatoms. The van der Waals surface area contributed by atoms with Crippen molar-refractivity contribution in [1.29, 1.82) is 0 Å². The molecule has 84 valence electrons. The molecule has 0 aliphatic heterocycles. The Morgan fingerprint density at radius 1 is 1.44 bits per heavy atom. The van der Waals surface area contributed by atoms with E-state index in [1.54, 1.807) is 6.20 Å². The number of hydrogen-bond donors (Lipinski definition) is 2. The highest BCUT2D eigenvalue weighted by Gasteiger charge is 2.22. The highest BCUT2D eigenvalue weighted by Crippen LogP contribution is 2.21. The average Bonchev–Trinajstić information content (AvgIpc) is 2.61. The predicted molar refractivity (Wildman–Crippen MR) is 62.0 cm³/mol. The van der Waals surface area contributed by atoms with Gasteiger partial charge in [-0.25, -0.2) is 4.98 Å². The smallest absolute Gasteiger partial charge is 0.230 e. The number of nitrogens with one attached hydrogen (secondary N) is 2. The Morgan fingerprint density at radius 3 is 2.88 bits per heavy atom. The molecule has 1 amide bonds. The number of fused-ring (bicyclic) bond motifs is 1. The van der Waals surface area contributed by atoms with Gasteiger partial charge in [-0.05, 0) is 12.1 Å². The number of carbonyl (C=O) groups excluding carboxylic acids is 1. The second kappa shape index (κ2) is 3.59. The molecule has 0 aliphatic rings. The van der Waals surface area contributed by atoms with Crippen LogP contribution in [0.25, 0.3) is 11.0 Å². The summed E-state index contributed by atoms with van der Waals surface area (Å²) in [5, 5.41) is 10.4. The molecule has 0 saturated heterocycles. The molecule has 0 unspecified atom stereocenters. The van der Waals surface area contributed by atoms with Crippen LogP contribution in [0, 0.1) is 5.41 Å². The molecule has 0 radical (unpaired) electrons. The van der Waals surface area contributed by atoms with Crippen molar-refractivity contribution in [2.45, 2.75) is 20.8 Å². The Kier molecular flexibility index (Phi) is 2.38. The van der Waals surface area contributed by atoms with Crippen molar-refractivity contribution >= 4 is 22.8 Å². The number of rotatable bonds is 1. The van der Waals surface area contributed by atoms with Gasteiger partial charge in [0.05, 0.1) is 5.39 Å². The third-order valence-corrected chi connectivity index (χ3v) is 2.25. The molecule has 2 aromatic rings. The first kappa shape index (κ1) is 10.6. The number of carbonyl (C=O) groups is 1. The molecule has 0 fully saturated rings. The van der Waals surface area contributed by atoms with Crippen molar-refractivity contribution in [2.24, 2.45) is 5.41 Å². The van der Waals surface area contributed by atoms with Crippen LogP contribution in [0.2, 0.25) is 0 Å². The molecule has 2 rings (SSSR count). The van der Waals surface area contributed by atoms with Crippen LogP contribution in [0.1, 0.15) is 20.8 Å². The first-order valence-electron chi connectivity index (χ1n) is 5.09. The molecule has 0 bridgehead atoms. The van der Waals surface area contributed by atoms with Gasteiger partial charge in [0.2, 0.25) is 5.91 Å². The monoisotopic (exact) mass is 218 g/mol. The van der Waals surface area contributed by atoms with E-state index < -0.39 is 5.41 Å². The SMILES string of the molecule is CC(C)(C)C(=O)Nc1[nH]nc2ncccc12. The van der Waals surface area contributed by atoms with Gasteiger partial charge in [0.25, 0.3) is 0 Å². The van der Waals surface area contributed by atoms with E-state index in [9.17, 15) is 4.79 Å². The number of anilines is 1. The number of H-pyrrole nitrogens is 1. The maximum atomic E-state index is 11.8. The Labute approximate surface area is 93.3 Å². The molecular weight excluding hydrogens is 204 g/mol. The summed E-state index contributed by atoms with van der Waals surface area (Å²) < 4.78 is 0. The highest BCUT2D eigenvalue weighted by atomic mass is 16.2. The standard InChI is InChI=1S/C11H14N4O/c1-11(2,3)10(16)13-9-7-5-4-6-12-8(7)14-15-9/h4-6H,1-3H3,(H2,12,13,14,15,16). The van der Waals surface area contributed by atoms with Gasteiger partial charge >= 0.3 is 0 Å². The Bertz CT molecular complexity index is 524. The molecule has 0 spiro atoms. The summed E-state index contributed by atoms with van der Waals surface area (Å²) >= 11 is 0. The van der Waals surface area contributed by atoms with Gasteiger partial charge in [-0.2, -0.15) is 5.10 Å². The lowest BCUT2D eigenvalue weighted by Crippen LogP contribution is -2.27. The summed E-state index contributed by atoms with van der Waals surface area (Å²) in [7, 11) is 0. The molecule has 0 atom stereocenters. The first-order valence-corrected chi connectivity index (χ1v) is 5.09. The van der Waals surface area contributed by atoms with Gasteiger partial charge in [-0.1, -0.05) is 20.8 Å². The Balaban J connectivity index is 2.32. The fourth-order valence-electron chi connectivity index (χ4n) is 1.25. The maximum Gasteiger partial charge on any atom is 0.230 e. The van der Waals surface area contributed by atoms with Crippen LogP contribution < -0.4 is 5.32 Å². The van der Waals surface area contributed by atoms with Crippen molar-refractivity contribution in [1.82, 2.24) is 15.2 Å². The third-order valence-electron chi connectivity index (χ3n) is 2.25. The fraction of sp³-hybridized carbons (Fsp3) is 0.364. The van der Waals surface area contributed by atoms with Crippen LogP contribution >= 0.6 is 0 Å². The molecule has 0 saturated carbocycles. The second-order valence-electron chi connectivity index (χ2n) is 4.68. The molecular formula is C11H14N4O. The van der Waals surface area contributed by atoms with E-state index >= 15 is 0 Å². The van der Waals surface area contributed by atoms with Crippen LogP contribution in [0.3, 0.4) is 0 Å². The van der Waals surface area contributed by atoms with Crippen molar-refractivity contribution in [3.05, 3.63) is 18.3 Å². The van der Waals surface area contributed by atoms with Crippen LogP contribution in [-0.4, -0.2) is 21.1 Å². The summed E-state index contributed by atoms with van der Waals surface area (Å²) in [6, 6.07) is 3.68. The molecule has 2 N–H and O–H groups in total. The summed E-state index contributed by atoms with van der Waals surface area (Å²) in [6.07, 6.45) is 1.67. The number of amides is 1. The van der Waals surface area contributed by atoms with E-state index in [1.165, 1.54) is 0 Å². The second-order valence-corrected chi connectivity index (χ2v) is 4.68. The zero-order chi connectivity index (χ0) is 11.8. The normalized spacial score (nSPS) is 11.7. The van der Waals surface area contributed by atoms with Gasteiger partial charge in [0.1, 0.15) is 5.82 Å². The van der Waals surface area contributed by atoms with Crippen molar-refractivity contribution in [3.8, 4) is 0 Å². The minimum absolute atomic E-state index is 0.0538. The lowest BCUT2D eigenvalue weighted by atomic mass is 9.96. The van der Waals surface area contributed by atoms with Crippen LogP contribution in [0.4, 0.5) is 5.82 Å². The fourth-order valence-corrected chi connectivity index (χ4v) is 1.25. The summed E-state index contributed by atoms with van der Waals surface area (Å²) in [4.78, 5) is 15.9. The minimum atomic E-state index is -0.431. The van der Waals surface area contributed by atoms with E-state index in [1.807, 2.05) is 32.9 Å². The highest BCUT2D eigenvalue weighted by molar-refractivity contribution is 6.00. The van der Waals surface area contributed by atoms with Crippen LogP contribution in [-0.2, 0) is 4.79 Å². The predicted octanol–water partition coefficient (Wildman–Crippen LogP) is 1.94. The number of aromatic amines is 1. The number of hydrogen-bond acceptors (Lipinski definition) is 3. The van der Waals surface area contributed by atoms with Gasteiger partial charge < -0.3 is 5.32 Å². The maximum absolute atomic E-state index is 11.8. The average molecular weight is 218 g/mol. The lowest BCUT2D eigenvalue weighted by molar-refractivity contribution is -0.123. The van der Waals surface area contributed by atoms with Gasteiger partial charge in [0, 0.05) is 11.6 Å². The largest absolute Gasteiger partial charge is 0.310 e. The molecule has 2 heterocycles. The van der Waals surface area contributed by atoms with Crippen molar-refractivity contribution in [3.63, 3.8) is 0 Å². The first-order chi connectivity index (χ1) is 7.48. The molecule has 5 nitrogen and oxygen atoms in total. The number of aromatic nitrogens is 3. The quantitative estimate of drug-likeness (QED) is 0.768. The van der Waals surface area contributed by atoms with Gasteiger partial charge in [0.15, 0.2) is 5.65 Å². The molecule has 2 aromatic heterocycles. The molecule has 0 aromatic carbocycles. The summed E-state index contributed by atoms with van der Waals surface area (Å²) in [6.45, 7) is 5.58. The Morgan fingerprint density at radius 2 is 2.19 bits per heavy atom. The van der Waals surface area contributed by atoms with E-state index in [-0.39, 0.29) is 5.91 Å². The van der Waals surface area contributed by atoms with Gasteiger partial charge in [-0.3, -0.25) is 9.89 Å². The van der Waals surface area contributed by atoms with Crippen molar-refractivity contribution in [2.75, 3.05) is 5.32 Å². The van der Waals surface area contributed by atoms with E-state index in [0.717, 1.165) is 5.39 Å². The molecule has 0 aliphatic carbocycles. The van der Waals surface area contributed by atoms with Gasteiger partial charge in [-0.15, -0.1) is 0 Å². The topological polar surface area (TPSA) is 70.7 Å². The Hall–Kier alpha value is -1.91. The number of pyridine rings is 1. The zero-order valence-corrected chi connectivity index (χ0v) is 9.53. The van der Waals surface area contributed by atoms with Crippen molar-refractivity contribution < 1.29 is 4.79 Å². The van der Waals surface area contributed by atoms with E-state index in [2.05, 4.69) is 20.5 Å². The number of nitrogens with zero attached hydrogens (tertiary/aromatic N) is 2. The van der Waals surface area contributed by atoms with E-state index in [4.69, 9.17) is 0 Å². The summed E-state index contributed by atoms with van der Waals surface area (Å²) in [5.74, 6) is 0.546. The molecule has 16 heavy (non-hydrogen) atoms. The zero-order valence-electron chi connectivity index (χ0n) is 9.53. The minimum Gasteiger partial charge on any atom is -0.310 e. The lowest BCUT2D eigenvalue weighted by Gasteiger charge is -2.16. The summed E-state index contributed by atoms with van der Waals surface area (Å²) in [5.41, 5.74) is 0.173. The van der Waals surface area contributed by atoms with E-state index in [0.29, 0.717) is 11.5 Å². The van der Waals surface area contributed by atoms with Crippen LogP contribution in [0.5, 0.6) is 0 Å². The third kappa shape index (κ3) is 1.88.